The van der Waals surface area contributed by atoms with Crippen LogP contribution in [0.4, 0.5) is 0 Å². The Hall–Kier alpha value is -1.11. The van der Waals surface area contributed by atoms with Crippen molar-refractivity contribution in [3.8, 4) is 0 Å². The van der Waals surface area contributed by atoms with E-state index in [0.29, 0.717) is 6.42 Å². The Morgan fingerprint density at radius 2 is 1.47 bits per heavy atom. The van der Waals surface area contributed by atoms with Crippen molar-refractivity contribution in [1.29, 1.82) is 0 Å². The molecule has 1 aromatic carbocycles. The molecule has 1 rings (SSSR count). The Morgan fingerprint density at radius 3 is 1.82 bits per heavy atom. The molecule has 0 heterocycles. The molecule has 0 aliphatic carbocycles. The molecule has 0 amide bonds. The van der Waals surface area contributed by atoms with Crippen LogP contribution in [-0.4, -0.2) is 5.78 Å². The molecule has 1 heteroatoms. The summed E-state index contributed by atoms with van der Waals surface area (Å²) in [5, 5.41) is 0. The maximum atomic E-state index is 11.8. The molecule has 0 aliphatic heterocycles. The molecule has 0 spiro atoms. The number of carbonyl (C=O) groups is 1. The van der Waals surface area contributed by atoms with Crippen LogP contribution in [0.1, 0.15) is 67.1 Å². The predicted octanol–water partition coefficient (Wildman–Crippen LogP) is 4.49. The van der Waals surface area contributed by atoms with E-state index >= 15 is 0 Å². The SMILES string of the molecule is CCCc1cc(C(=O)CC)cc(CCC)c1C. The molecule has 1 nitrogen and oxygen atoms in total. The monoisotopic (exact) mass is 232 g/mol. The number of hydrogen-bond acceptors (Lipinski definition) is 1. The van der Waals surface area contributed by atoms with Crippen LogP contribution in [0, 0.1) is 6.92 Å². The maximum Gasteiger partial charge on any atom is 0.162 e. The average Bonchev–Trinajstić information content (AvgIpc) is 2.33. The van der Waals surface area contributed by atoms with E-state index in [1.54, 1.807) is 0 Å². The van der Waals surface area contributed by atoms with Gasteiger partial charge in [-0.25, -0.2) is 0 Å². The van der Waals surface area contributed by atoms with Gasteiger partial charge in [0.2, 0.25) is 0 Å². The van der Waals surface area contributed by atoms with E-state index in [2.05, 4.69) is 32.9 Å². The molecule has 0 saturated carbocycles. The van der Waals surface area contributed by atoms with Crippen LogP contribution in [0.15, 0.2) is 12.1 Å². The van der Waals surface area contributed by atoms with E-state index in [4.69, 9.17) is 0 Å². The normalized spacial score (nSPS) is 10.6. The largest absolute Gasteiger partial charge is 0.294 e. The third kappa shape index (κ3) is 3.42. The van der Waals surface area contributed by atoms with E-state index in [-0.39, 0.29) is 5.78 Å². The molecule has 17 heavy (non-hydrogen) atoms. The lowest BCUT2D eigenvalue weighted by Gasteiger charge is -2.13. The first kappa shape index (κ1) is 14.0. The molecule has 0 unspecified atom stereocenters. The van der Waals surface area contributed by atoms with Crippen molar-refractivity contribution >= 4 is 5.78 Å². The summed E-state index contributed by atoms with van der Waals surface area (Å²) in [7, 11) is 0. The van der Waals surface area contributed by atoms with E-state index in [9.17, 15) is 4.79 Å². The second-order valence-corrected chi connectivity index (χ2v) is 4.70. The minimum atomic E-state index is 0.264. The first-order chi connectivity index (χ1) is 8.13. The van der Waals surface area contributed by atoms with Gasteiger partial charge in [0.15, 0.2) is 5.78 Å². The van der Waals surface area contributed by atoms with E-state index in [1.807, 2.05) is 6.92 Å². The van der Waals surface area contributed by atoms with Crippen LogP contribution in [0.5, 0.6) is 0 Å². The van der Waals surface area contributed by atoms with Gasteiger partial charge in [0.05, 0.1) is 0 Å². The standard InChI is InChI=1S/C16H24O/c1-5-8-13-10-15(16(17)7-3)11-14(9-6-2)12(13)4/h10-11H,5-9H2,1-4H3. The molecule has 0 radical (unpaired) electrons. The lowest BCUT2D eigenvalue weighted by atomic mass is 9.92. The zero-order valence-corrected chi connectivity index (χ0v) is 11.6. The van der Waals surface area contributed by atoms with E-state index in [0.717, 1.165) is 31.2 Å². The highest BCUT2D eigenvalue weighted by Gasteiger charge is 2.10. The smallest absolute Gasteiger partial charge is 0.162 e. The lowest BCUT2D eigenvalue weighted by Crippen LogP contribution is -2.03. The summed E-state index contributed by atoms with van der Waals surface area (Å²) >= 11 is 0. The fraction of sp³-hybridized carbons (Fsp3) is 0.562. The van der Waals surface area contributed by atoms with Crippen LogP contribution in [0.3, 0.4) is 0 Å². The van der Waals surface area contributed by atoms with Gasteiger partial charge in [-0.1, -0.05) is 33.6 Å². The topological polar surface area (TPSA) is 17.1 Å². The molecule has 0 saturated heterocycles. The minimum absolute atomic E-state index is 0.264. The van der Waals surface area contributed by atoms with Crippen molar-refractivity contribution in [3.05, 3.63) is 34.4 Å². The fourth-order valence-corrected chi connectivity index (χ4v) is 2.26. The van der Waals surface area contributed by atoms with Gasteiger partial charge in [-0.2, -0.15) is 0 Å². The Kier molecular flexibility index (Phi) is 5.40. The first-order valence-electron chi connectivity index (χ1n) is 6.79. The van der Waals surface area contributed by atoms with E-state index < -0.39 is 0 Å². The average molecular weight is 232 g/mol. The summed E-state index contributed by atoms with van der Waals surface area (Å²) in [4.78, 5) is 11.8. The Balaban J connectivity index is 3.20. The molecule has 0 bridgehead atoms. The predicted molar refractivity (Wildman–Crippen MR) is 73.8 cm³/mol. The third-order valence-electron chi connectivity index (χ3n) is 3.30. The molecular weight excluding hydrogens is 208 g/mol. The van der Waals surface area contributed by atoms with Gasteiger partial charge >= 0.3 is 0 Å². The third-order valence-corrected chi connectivity index (χ3v) is 3.30. The van der Waals surface area contributed by atoms with Gasteiger partial charge in [0, 0.05) is 12.0 Å². The first-order valence-corrected chi connectivity index (χ1v) is 6.79. The van der Waals surface area contributed by atoms with Crippen molar-refractivity contribution in [2.75, 3.05) is 0 Å². The van der Waals surface area contributed by atoms with Crippen LogP contribution in [0.25, 0.3) is 0 Å². The summed E-state index contributed by atoms with van der Waals surface area (Å²) in [6, 6.07) is 4.20. The van der Waals surface area contributed by atoms with Crippen LogP contribution in [-0.2, 0) is 12.8 Å². The number of rotatable bonds is 6. The van der Waals surface area contributed by atoms with Gasteiger partial charge in [0.1, 0.15) is 0 Å². The number of benzene rings is 1. The minimum Gasteiger partial charge on any atom is -0.294 e. The Bertz CT molecular complexity index is 364. The zero-order valence-electron chi connectivity index (χ0n) is 11.6. The molecule has 0 aromatic heterocycles. The molecule has 1 aromatic rings. The highest BCUT2D eigenvalue weighted by molar-refractivity contribution is 5.96. The molecule has 94 valence electrons. The molecule has 0 atom stereocenters. The second kappa shape index (κ2) is 6.58. The summed E-state index contributed by atoms with van der Waals surface area (Å²) in [5.41, 5.74) is 5.01. The Morgan fingerprint density at radius 1 is 1.00 bits per heavy atom. The molecular formula is C16H24O. The van der Waals surface area contributed by atoms with Gasteiger partial charge in [-0.15, -0.1) is 0 Å². The second-order valence-electron chi connectivity index (χ2n) is 4.70. The summed E-state index contributed by atoms with van der Waals surface area (Å²) in [6.07, 6.45) is 5.02. The molecule has 0 fully saturated rings. The zero-order chi connectivity index (χ0) is 12.8. The summed E-state index contributed by atoms with van der Waals surface area (Å²) in [6.45, 7) is 8.50. The number of hydrogen-bond donors (Lipinski definition) is 0. The number of aryl methyl sites for hydroxylation is 2. The number of ketones is 1. The molecule has 0 N–H and O–H groups in total. The van der Waals surface area contributed by atoms with Crippen LogP contribution >= 0.6 is 0 Å². The van der Waals surface area contributed by atoms with Crippen molar-refractivity contribution in [1.82, 2.24) is 0 Å². The van der Waals surface area contributed by atoms with Gasteiger partial charge < -0.3 is 0 Å². The maximum absolute atomic E-state index is 11.8. The molecule has 0 aliphatic rings. The summed E-state index contributed by atoms with van der Waals surface area (Å²) < 4.78 is 0. The fourth-order valence-electron chi connectivity index (χ4n) is 2.26. The quantitative estimate of drug-likeness (QED) is 0.660. The number of carbonyl (C=O) groups excluding carboxylic acids is 1. The summed E-state index contributed by atoms with van der Waals surface area (Å²) in [5.74, 6) is 0.264. The van der Waals surface area contributed by atoms with Crippen molar-refractivity contribution < 1.29 is 4.79 Å². The highest BCUT2D eigenvalue weighted by Crippen LogP contribution is 2.21. The van der Waals surface area contributed by atoms with Crippen molar-refractivity contribution in [2.45, 2.75) is 59.8 Å². The van der Waals surface area contributed by atoms with Crippen LogP contribution in [0.2, 0.25) is 0 Å². The van der Waals surface area contributed by atoms with Gasteiger partial charge in [-0.05, 0) is 48.6 Å². The van der Waals surface area contributed by atoms with Crippen molar-refractivity contribution in [3.63, 3.8) is 0 Å². The van der Waals surface area contributed by atoms with Gasteiger partial charge in [0.25, 0.3) is 0 Å². The highest BCUT2D eigenvalue weighted by atomic mass is 16.1. The number of Topliss-reactive ketones (excluding diaryl/α,β-unsaturated/α-hetero) is 1. The van der Waals surface area contributed by atoms with Gasteiger partial charge in [-0.3, -0.25) is 4.79 Å². The van der Waals surface area contributed by atoms with Crippen molar-refractivity contribution in [2.24, 2.45) is 0 Å². The van der Waals surface area contributed by atoms with Crippen LogP contribution < -0.4 is 0 Å². The Labute approximate surface area is 105 Å². The lowest BCUT2D eigenvalue weighted by molar-refractivity contribution is 0.0988. The van der Waals surface area contributed by atoms with E-state index in [1.165, 1.54) is 16.7 Å².